The van der Waals surface area contributed by atoms with E-state index in [9.17, 15) is 0 Å². The van der Waals surface area contributed by atoms with Crippen LogP contribution in [0.4, 0.5) is 4.39 Å². The first kappa shape index (κ1) is 30.9. The van der Waals surface area contributed by atoms with E-state index in [1.807, 2.05) is 0 Å². The highest BCUT2D eigenvalue weighted by molar-refractivity contribution is 4.96. The zero-order chi connectivity index (χ0) is 25.1. The molecule has 0 saturated heterocycles. The zero-order valence-electron chi connectivity index (χ0n) is 23.9. The number of rotatable bonds is 17. The number of hydrogen-bond donors (Lipinski definition) is 0. The lowest BCUT2D eigenvalue weighted by Gasteiger charge is -2.50. The Labute approximate surface area is 207 Å². The molecule has 1 aliphatic carbocycles. The van der Waals surface area contributed by atoms with Crippen LogP contribution in [-0.2, 0) is 9.47 Å². The Morgan fingerprint density at radius 1 is 0.788 bits per heavy atom. The Bertz CT molecular complexity index is 482. The van der Waals surface area contributed by atoms with Crippen molar-refractivity contribution >= 4 is 0 Å². The van der Waals surface area contributed by atoms with Gasteiger partial charge in [-0.05, 0) is 101 Å². The van der Waals surface area contributed by atoms with Gasteiger partial charge >= 0.3 is 0 Å². The summed E-state index contributed by atoms with van der Waals surface area (Å²) in [5.41, 5.74) is -1.17. The van der Waals surface area contributed by atoms with Gasteiger partial charge in [-0.25, -0.2) is 4.39 Å². The SMILES string of the molecule is CCOCC(CCC(F)(CCC(C)C)CCC(C)C)(COCC)C1CC(C)CCC1C(C)C. The molecule has 0 aromatic rings. The van der Waals surface area contributed by atoms with Crippen LogP contribution in [0.25, 0.3) is 0 Å². The third-order valence-corrected chi connectivity index (χ3v) is 8.41. The van der Waals surface area contributed by atoms with Crippen molar-refractivity contribution in [3.8, 4) is 0 Å². The van der Waals surface area contributed by atoms with Gasteiger partial charge in [0, 0.05) is 18.6 Å². The van der Waals surface area contributed by atoms with Gasteiger partial charge in [0.1, 0.15) is 5.67 Å². The van der Waals surface area contributed by atoms with E-state index in [1.165, 1.54) is 19.3 Å². The molecule has 33 heavy (non-hydrogen) atoms. The van der Waals surface area contributed by atoms with Crippen LogP contribution in [0.1, 0.15) is 120 Å². The highest BCUT2D eigenvalue weighted by Crippen LogP contribution is 2.51. The van der Waals surface area contributed by atoms with Gasteiger partial charge in [-0.2, -0.15) is 0 Å². The number of hydrogen-bond acceptors (Lipinski definition) is 2. The molecule has 3 heteroatoms. The number of alkyl halides is 1. The lowest BCUT2D eigenvalue weighted by atomic mass is 9.57. The summed E-state index contributed by atoms with van der Waals surface area (Å²) in [4.78, 5) is 0. The Hall–Kier alpha value is -0.150. The van der Waals surface area contributed by atoms with Gasteiger partial charge in [0.2, 0.25) is 0 Å². The fraction of sp³-hybridized carbons (Fsp3) is 1.00. The summed E-state index contributed by atoms with van der Waals surface area (Å²) in [6, 6.07) is 0. The molecule has 2 nitrogen and oxygen atoms in total. The minimum atomic E-state index is -1.08. The molecule has 1 fully saturated rings. The van der Waals surface area contributed by atoms with Crippen LogP contribution < -0.4 is 0 Å². The largest absolute Gasteiger partial charge is 0.381 e. The summed E-state index contributed by atoms with van der Waals surface area (Å²) >= 11 is 0. The second kappa shape index (κ2) is 15.1. The van der Waals surface area contributed by atoms with E-state index in [4.69, 9.17) is 9.47 Å². The maximum atomic E-state index is 16.5. The quantitative estimate of drug-likeness (QED) is 0.211. The van der Waals surface area contributed by atoms with Gasteiger partial charge in [0.05, 0.1) is 13.2 Å². The lowest BCUT2D eigenvalue weighted by molar-refractivity contribution is -0.101. The molecular weight excluding hydrogens is 411 g/mol. The maximum Gasteiger partial charge on any atom is 0.111 e. The molecule has 0 aliphatic heterocycles. The van der Waals surface area contributed by atoms with Gasteiger partial charge in [-0.15, -0.1) is 0 Å². The smallest absolute Gasteiger partial charge is 0.111 e. The summed E-state index contributed by atoms with van der Waals surface area (Å²) in [5, 5.41) is 0. The lowest BCUT2D eigenvalue weighted by Crippen LogP contribution is -2.48. The highest BCUT2D eigenvalue weighted by atomic mass is 19.1. The van der Waals surface area contributed by atoms with E-state index in [1.54, 1.807) is 0 Å². The van der Waals surface area contributed by atoms with Gasteiger partial charge in [-0.3, -0.25) is 0 Å². The van der Waals surface area contributed by atoms with Crippen molar-refractivity contribution in [2.45, 2.75) is 126 Å². The van der Waals surface area contributed by atoms with Crippen molar-refractivity contribution in [2.24, 2.45) is 40.9 Å². The number of halogens is 1. The van der Waals surface area contributed by atoms with Crippen LogP contribution in [-0.4, -0.2) is 32.1 Å². The average Bonchev–Trinajstić information content (AvgIpc) is 2.76. The van der Waals surface area contributed by atoms with Crippen molar-refractivity contribution in [1.29, 1.82) is 0 Å². The predicted octanol–water partition coefficient (Wildman–Crippen LogP) is 9.12. The molecule has 0 amide bonds. The number of ether oxygens (including phenoxy) is 2. The highest BCUT2D eigenvalue weighted by Gasteiger charge is 2.47. The maximum absolute atomic E-state index is 16.5. The van der Waals surface area contributed by atoms with Crippen LogP contribution in [0.3, 0.4) is 0 Å². The minimum absolute atomic E-state index is 0.0946. The molecule has 1 saturated carbocycles. The molecule has 198 valence electrons. The normalized spacial score (nSPS) is 22.6. The summed E-state index contributed by atoms with van der Waals surface area (Å²) in [6.07, 6.45) is 8.64. The molecule has 0 spiro atoms. The van der Waals surface area contributed by atoms with Crippen molar-refractivity contribution < 1.29 is 13.9 Å². The third-order valence-electron chi connectivity index (χ3n) is 8.41. The van der Waals surface area contributed by atoms with Crippen LogP contribution in [0, 0.1) is 40.9 Å². The Kier molecular flexibility index (Phi) is 14.1. The Morgan fingerprint density at radius 2 is 1.30 bits per heavy atom. The predicted molar refractivity (Wildman–Crippen MR) is 141 cm³/mol. The fourth-order valence-corrected chi connectivity index (χ4v) is 6.05. The van der Waals surface area contributed by atoms with Gasteiger partial charge in [0.25, 0.3) is 0 Å². The molecule has 0 aromatic heterocycles. The van der Waals surface area contributed by atoms with E-state index in [0.717, 1.165) is 25.2 Å². The van der Waals surface area contributed by atoms with E-state index in [-0.39, 0.29) is 5.41 Å². The second-order valence-electron chi connectivity index (χ2n) is 12.6. The molecule has 1 rings (SSSR count). The average molecular weight is 471 g/mol. The van der Waals surface area contributed by atoms with E-state index in [0.29, 0.717) is 75.3 Å². The molecule has 0 N–H and O–H groups in total. The standard InChI is InChI=1S/C30H59FO2/c1-10-32-21-29(22-33-11-2,28-20-26(9)12-13-27(28)25(7)8)18-19-30(31,16-14-23(3)4)17-15-24(5)6/h23-28H,10-22H2,1-9H3. The van der Waals surface area contributed by atoms with Crippen LogP contribution in [0.2, 0.25) is 0 Å². The van der Waals surface area contributed by atoms with E-state index < -0.39 is 5.67 Å². The molecule has 0 bridgehead atoms. The monoisotopic (exact) mass is 470 g/mol. The topological polar surface area (TPSA) is 18.5 Å². The van der Waals surface area contributed by atoms with Gasteiger partial charge in [0.15, 0.2) is 0 Å². The van der Waals surface area contributed by atoms with Gasteiger partial charge < -0.3 is 9.47 Å². The Balaban J connectivity index is 3.25. The summed E-state index contributed by atoms with van der Waals surface area (Å²) in [6.45, 7) is 23.0. The van der Waals surface area contributed by atoms with Crippen LogP contribution in [0.5, 0.6) is 0 Å². The summed E-state index contributed by atoms with van der Waals surface area (Å²) in [7, 11) is 0. The molecular formula is C30H59FO2. The first-order valence-electron chi connectivity index (χ1n) is 14.3. The molecule has 0 radical (unpaired) electrons. The van der Waals surface area contributed by atoms with Crippen molar-refractivity contribution in [2.75, 3.05) is 26.4 Å². The summed E-state index contributed by atoms with van der Waals surface area (Å²) < 4.78 is 28.8. The minimum Gasteiger partial charge on any atom is -0.381 e. The second-order valence-corrected chi connectivity index (χ2v) is 12.6. The molecule has 0 heterocycles. The van der Waals surface area contributed by atoms with Crippen LogP contribution >= 0.6 is 0 Å². The fourth-order valence-electron chi connectivity index (χ4n) is 6.05. The first-order chi connectivity index (χ1) is 15.5. The third kappa shape index (κ3) is 10.6. The van der Waals surface area contributed by atoms with E-state index in [2.05, 4.69) is 62.3 Å². The molecule has 3 atom stereocenters. The van der Waals surface area contributed by atoms with Crippen molar-refractivity contribution in [1.82, 2.24) is 0 Å². The van der Waals surface area contributed by atoms with Crippen molar-refractivity contribution in [3.05, 3.63) is 0 Å². The van der Waals surface area contributed by atoms with Gasteiger partial charge in [-0.1, -0.05) is 54.9 Å². The Morgan fingerprint density at radius 3 is 1.73 bits per heavy atom. The van der Waals surface area contributed by atoms with Crippen LogP contribution in [0.15, 0.2) is 0 Å². The summed E-state index contributed by atoms with van der Waals surface area (Å²) in [5.74, 6) is 3.66. The molecule has 3 unspecified atom stereocenters. The zero-order valence-corrected chi connectivity index (χ0v) is 23.9. The van der Waals surface area contributed by atoms with Crippen molar-refractivity contribution in [3.63, 3.8) is 0 Å². The molecule has 1 aliphatic rings. The molecule has 0 aromatic carbocycles. The first-order valence-corrected chi connectivity index (χ1v) is 14.3. The van der Waals surface area contributed by atoms with E-state index >= 15 is 4.39 Å².